The van der Waals surface area contributed by atoms with Crippen LogP contribution < -0.4 is 4.74 Å². The average Bonchev–Trinajstić information content (AvgIpc) is 3.01. The number of rotatable bonds is 4. The highest BCUT2D eigenvalue weighted by atomic mass is 32.2. The van der Waals surface area contributed by atoms with Crippen LogP contribution in [0.15, 0.2) is 34.5 Å². The Morgan fingerprint density at radius 1 is 1.35 bits per heavy atom. The summed E-state index contributed by atoms with van der Waals surface area (Å²) in [5.41, 5.74) is 0.634. The molecule has 0 amide bonds. The van der Waals surface area contributed by atoms with Gasteiger partial charge >= 0.3 is 5.69 Å². The van der Waals surface area contributed by atoms with Gasteiger partial charge in [0.05, 0.1) is 16.9 Å². The van der Waals surface area contributed by atoms with Crippen LogP contribution in [0, 0.1) is 10.1 Å². The fourth-order valence-electron chi connectivity index (χ4n) is 2.55. The van der Waals surface area contributed by atoms with Gasteiger partial charge in [0.25, 0.3) is 0 Å². The first-order chi connectivity index (χ1) is 10.9. The van der Waals surface area contributed by atoms with E-state index >= 15 is 0 Å². The van der Waals surface area contributed by atoms with Gasteiger partial charge in [-0.05, 0) is 35.6 Å². The van der Waals surface area contributed by atoms with Crippen molar-refractivity contribution >= 4 is 27.0 Å². The quantitative estimate of drug-likeness (QED) is 0.621. The van der Waals surface area contributed by atoms with Gasteiger partial charge in [0.2, 0.25) is 10.0 Å². The lowest BCUT2D eigenvalue weighted by atomic mass is 10.1. The summed E-state index contributed by atoms with van der Waals surface area (Å²) in [6.07, 6.45) is 0.657. The molecule has 2 aromatic rings. The summed E-state index contributed by atoms with van der Waals surface area (Å²) in [6.45, 7) is 0.663. The van der Waals surface area contributed by atoms with Gasteiger partial charge in [-0.1, -0.05) is 0 Å². The number of nitro benzene ring substituents is 1. The summed E-state index contributed by atoms with van der Waals surface area (Å²) in [5, 5.41) is 13.0. The number of fused-ring (bicyclic) bond motifs is 1. The molecule has 0 spiro atoms. The Balaban J connectivity index is 1.97. The zero-order chi connectivity index (χ0) is 16.6. The molecule has 1 aliphatic heterocycles. The second-order valence-corrected chi connectivity index (χ2v) is 7.99. The van der Waals surface area contributed by atoms with E-state index in [-0.39, 0.29) is 16.3 Å². The zero-order valence-corrected chi connectivity index (χ0v) is 13.9. The number of methoxy groups -OCH3 is 1. The Kier molecular flexibility index (Phi) is 4.09. The van der Waals surface area contributed by atoms with Crippen molar-refractivity contribution in [1.29, 1.82) is 0 Å². The van der Waals surface area contributed by atoms with Crippen LogP contribution >= 0.6 is 11.3 Å². The Bertz CT molecular complexity index is 860. The summed E-state index contributed by atoms with van der Waals surface area (Å²) in [4.78, 5) is 11.5. The minimum atomic E-state index is -3.79. The number of nitro groups is 1. The standard InChI is InChI=1S/C14H14N2O5S2/c1-21-13-3-2-11(8-12(13)16(17)18)23(19,20)15-6-4-14-10(9-15)5-7-22-14/h2-3,5,7-8H,4,6,9H2,1H3. The molecule has 3 rings (SSSR count). The van der Waals surface area contributed by atoms with E-state index in [4.69, 9.17) is 4.74 Å². The Morgan fingerprint density at radius 2 is 2.13 bits per heavy atom. The lowest BCUT2D eigenvalue weighted by Gasteiger charge is -2.26. The van der Waals surface area contributed by atoms with Gasteiger partial charge in [-0.25, -0.2) is 8.42 Å². The molecule has 2 heterocycles. The SMILES string of the molecule is COc1ccc(S(=O)(=O)N2CCc3sccc3C2)cc1[N+](=O)[O-]. The van der Waals surface area contributed by atoms with E-state index < -0.39 is 14.9 Å². The second-order valence-electron chi connectivity index (χ2n) is 5.05. The van der Waals surface area contributed by atoms with Gasteiger partial charge in [-0.3, -0.25) is 10.1 Å². The van der Waals surface area contributed by atoms with E-state index in [1.165, 1.54) is 28.4 Å². The van der Waals surface area contributed by atoms with Gasteiger partial charge in [0, 0.05) is 24.0 Å². The molecule has 0 fully saturated rings. The fourth-order valence-corrected chi connectivity index (χ4v) is 4.88. The minimum absolute atomic E-state index is 0.0349. The zero-order valence-electron chi connectivity index (χ0n) is 12.3. The Morgan fingerprint density at radius 3 is 2.83 bits per heavy atom. The molecule has 0 atom stereocenters. The molecule has 0 bridgehead atoms. The van der Waals surface area contributed by atoms with Crippen LogP contribution in [0.1, 0.15) is 10.4 Å². The van der Waals surface area contributed by atoms with Gasteiger partial charge in [-0.15, -0.1) is 11.3 Å². The average molecular weight is 354 g/mol. The number of benzene rings is 1. The monoisotopic (exact) mass is 354 g/mol. The van der Waals surface area contributed by atoms with Crippen LogP contribution in [0.3, 0.4) is 0 Å². The topological polar surface area (TPSA) is 89.8 Å². The number of hydrogen-bond acceptors (Lipinski definition) is 6. The van der Waals surface area contributed by atoms with Crippen molar-refractivity contribution in [3.05, 3.63) is 50.2 Å². The van der Waals surface area contributed by atoms with Crippen molar-refractivity contribution < 1.29 is 18.1 Å². The first-order valence-corrected chi connectivity index (χ1v) is 9.13. The van der Waals surface area contributed by atoms with Crippen molar-refractivity contribution in [2.24, 2.45) is 0 Å². The van der Waals surface area contributed by atoms with E-state index in [0.29, 0.717) is 19.5 Å². The predicted octanol–water partition coefficient (Wildman–Crippen LogP) is 2.41. The second kappa shape index (κ2) is 5.91. The number of nitrogens with zero attached hydrogens (tertiary/aromatic N) is 2. The van der Waals surface area contributed by atoms with Crippen LogP contribution in [0.25, 0.3) is 0 Å². The largest absolute Gasteiger partial charge is 0.490 e. The molecule has 1 aromatic carbocycles. The van der Waals surface area contributed by atoms with Crippen LogP contribution in [-0.4, -0.2) is 31.3 Å². The molecule has 1 aromatic heterocycles. The lowest BCUT2D eigenvalue weighted by molar-refractivity contribution is -0.386. The summed E-state index contributed by atoms with van der Waals surface area (Å²) in [7, 11) is -2.48. The molecule has 122 valence electrons. The lowest BCUT2D eigenvalue weighted by Crippen LogP contribution is -2.35. The number of ether oxygens (including phenoxy) is 1. The molecule has 9 heteroatoms. The Labute approximate surface area is 137 Å². The third-order valence-corrected chi connectivity index (χ3v) is 6.62. The fraction of sp³-hybridized carbons (Fsp3) is 0.286. The van der Waals surface area contributed by atoms with Gasteiger partial charge in [-0.2, -0.15) is 4.31 Å². The predicted molar refractivity (Wildman–Crippen MR) is 85.3 cm³/mol. The van der Waals surface area contributed by atoms with Gasteiger partial charge < -0.3 is 4.74 Å². The third kappa shape index (κ3) is 2.82. The van der Waals surface area contributed by atoms with Crippen molar-refractivity contribution in [2.75, 3.05) is 13.7 Å². The van der Waals surface area contributed by atoms with Gasteiger partial charge in [0.15, 0.2) is 5.75 Å². The Hall–Kier alpha value is -1.97. The van der Waals surface area contributed by atoms with Crippen molar-refractivity contribution in [2.45, 2.75) is 17.9 Å². The van der Waals surface area contributed by atoms with Crippen LogP contribution in [0.4, 0.5) is 5.69 Å². The molecule has 23 heavy (non-hydrogen) atoms. The number of sulfonamides is 1. The first-order valence-electron chi connectivity index (χ1n) is 6.81. The smallest absolute Gasteiger partial charge is 0.312 e. The highest BCUT2D eigenvalue weighted by Crippen LogP contribution is 2.32. The van der Waals surface area contributed by atoms with Gasteiger partial charge in [0.1, 0.15) is 0 Å². The highest BCUT2D eigenvalue weighted by Gasteiger charge is 2.30. The van der Waals surface area contributed by atoms with Crippen LogP contribution in [-0.2, 0) is 23.0 Å². The summed E-state index contributed by atoms with van der Waals surface area (Å²) < 4.78 is 31.8. The maximum atomic E-state index is 12.8. The minimum Gasteiger partial charge on any atom is -0.490 e. The molecule has 0 saturated heterocycles. The molecular formula is C14H14N2O5S2. The summed E-state index contributed by atoms with van der Waals surface area (Å²) in [5.74, 6) is 0.0349. The molecular weight excluding hydrogens is 340 g/mol. The molecule has 0 saturated carbocycles. The molecule has 1 aliphatic rings. The van der Waals surface area contributed by atoms with Crippen molar-refractivity contribution in [3.8, 4) is 5.75 Å². The molecule has 0 aliphatic carbocycles. The molecule has 0 unspecified atom stereocenters. The van der Waals surface area contributed by atoms with Crippen LogP contribution in [0.5, 0.6) is 5.75 Å². The summed E-state index contributed by atoms with van der Waals surface area (Å²) in [6, 6.07) is 5.62. The first kappa shape index (κ1) is 15.9. The normalized spacial score (nSPS) is 15.2. The maximum Gasteiger partial charge on any atom is 0.312 e. The highest BCUT2D eigenvalue weighted by molar-refractivity contribution is 7.89. The third-order valence-electron chi connectivity index (χ3n) is 3.76. The number of thiophene rings is 1. The van der Waals surface area contributed by atoms with E-state index in [0.717, 1.165) is 11.6 Å². The molecule has 0 radical (unpaired) electrons. The number of hydrogen-bond donors (Lipinski definition) is 0. The molecule has 0 N–H and O–H groups in total. The van der Waals surface area contributed by atoms with Crippen LogP contribution in [0.2, 0.25) is 0 Å². The van der Waals surface area contributed by atoms with Crippen molar-refractivity contribution in [3.63, 3.8) is 0 Å². The summed E-state index contributed by atoms with van der Waals surface area (Å²) >= 11 is 1.62. The van der Waals surface area contributed by atoms with E-state index in [1.54, 1.807) is 11.3 Å². The van der Waals surface area contributed by atoms with Crippen molar-refractivity contribution in [1.82, 2.24) is 4.31 Å². The van der Waals surface area contributed by atoms with E-state index in [2.05, 4.69) is 0 Å². The maximum absolute atomic E-state index is 12.8. The molecule has 7 nitrogen and oxygen atoms in total. The van der Waals surface area contributed by atoms with E-state index in [1.807, 2.05) is 11.4 Å². The van der Waals surface area contributed by atoms with E-state index in [9.17, 15) is 18.5 Å².